The van der Waals surface area contributed by atoms with Gasteiger partial charge >= 0.3 is 0 Å². The predicted molar refractivity (Wildman–Crippen MR) is 91.7 cm³/mol. The smallest absolute Gasteiger partial charge is 0.257 e. The number of hydrogen-bond acceptors (Lipinski definition) is 5. The third-order valence-electron chi connectivity index (χ3n) is 4.38. The lowest BCUT2D eigenvalue weighted by Crippen LogP contribution is -2.33. The summed E-state index contributed by atoms with van der Waals surface area (Å²) in [4.78, 5) is 19.2. The summed E-state index contributed by atoms with van der Waals surface area (Å²) in [5.74, 6) is 0.372. The van der Waals surface area contributed by atoms with E-state index in [1.54, 1.807) is 13.1 Å². The number of hydrogen-bond donors (Lipinski definition) is 1. The van der Waals surface area contributed by atoms with Gasteiger partial charge in [-0.25, -0.2) is 0 Å². The largest absolute Gasteiger partial charge is 0.360 e. The molecule has 0 spiro atoms. The van der Waals surface area contributed by atoms with Crippen LogP contribution < -0.4 is 5.32 Å². The Morgan fingerprint density at radius 3 is 2.88 bits per heavy atom. The fourth-order valence-corrected chi connectivity index (χ4v) is 3.09. The van der Waals surface area contributed by atoms with Crippen LogP contribution in [0.1, 0.15) is 41.8 Å². The zero-order valence-electron chi connectivity index (χ0n) is 14.1. The Morgan fingerprint density at radius 2 is 2.12 bits per heavy atom. The third-order valence-corrected chi connectivity index (χ3v) is 4.38. The van der Waals surface area contributed by atoms with Gasteiger partial charge in [0.1, 0.15) is 17.0 Å². The fraction of sp³-hybridized carbons (Fsp3) is 0.500. The Labute approximate surface area is 142 Å². The molecule has 3 rings (SSSR count). The van der Waals surface area contributed by atoms with Crippen molar-refractivity contribution in [3.05, 3.63) is 35.7 Å². The molecule has 0 unspecified atom stereocenters. The topological polar surface area (TPSA) is 71.3 Å². The van der Waals surface area contributed by atoms with Crippen molar-refractivity contribution >= 4 is 5.91 Å². The van der Waals surface area contributed by atoms with E-state index < -0.39 is 0 Å². The number of amides is 1. The summed E-state index contributed by atoms with van der Waals surface area (Å²) in [6, 6.07) is 5.52. The first-order valence-corrected chi connectivity index (χ1v) is 8.64. The Balaban J connectivity index is 1.56. The lowest BCUT2D eigenvalue weighted by atomic mass is 10.1. The Morgan fingerprint density at radius 1 is 1.29 bits per heavy atom. The number of pyridine rings is 1. The SMILES string of the molecule is Cc1onc(-c2ccccn2)c1C(=O)NCCCN1CCCCC1. The summed E-state index contributed by atoms with van der Waals surface area (Å²) in [7, 11) is 0. The van der Waals surface area contributed by atoms with Crippen LogP contribution in [0.3, 0.4) is 0 Å². The number of piperidine rings is 1. The van der Waals surface area contributed by atoms with Crippen molar-refractivity contribution in [1.29, 1.82) is 0 Å². The number of aromatic nitrogens is 2. The van der Waals surface area contributed by atoms with Crippen LogP contribution in [-0.2, 0) is 0 Å². The van der Waals surface area contributed by atoms with Crippen LogP contribution >= 0.6 is 0 Å². The molecule has 1 N–H and O–H groups in total. The summed E-state index contributed by atoms with van der Waals surface area (Å²) in [6.07, 6.45) is 6.56. The van der Waals surface area contributed by atoms with Crippen LogP contribution in [0.25, 0.3) is 11.4 Å². The Hall–Kier alpha value is -2.21. The first-order chi connectivity index (χ1) is 11.8. The van der Waals surface area contributed by atoms with Crippen molar-refractivity contribution in [3.8, 4) is 11.4 Å². The number of likely N-dealkylation sites (tertiary alicyclic amines) is 1. The number of nitrogens with zero attached hydrogens (tertiary/aromatic N) is 3. The molecule has 6 heteroatoms. The van der Waals surface area contributed by atoms with Gasteiger partial charge in [0.15, 0.2) is 0 Å². The van der Waals surface area contributed by atoms with Crippen LogP contribution in [0, 0.1) is 6.92 Å². The summed E-state index contributed by atoms with van der Waals surface area (Å²) in [5.41, 5.74) is 1.63. The molecular weight excluding hydrogens is 304 g/mol. The molecular formula is C18H24N4O2. The average molecular weight is 328 g/mol. The summed E-state index contributed by atoms with van der Waals surface area (Å²) < 4.78 is 5.21. The average Bonchev–Trinajstić information content (AvgIpc) is 3.02. The highest BCUT2D eigenvalue weighted by molar-refractivity contribution is 6.00. The minimum atomic E-state index is -0.145. The molecule has 1 amide bonds. The molecule has 1 aliphatic rings. The molecule has 3 heterocycles. The minimum absolute atomic E-state index is 0.145. The van der Waals surface area contributed by atoms with Crippen molar-refractivity contribution in [2.75, 3.05) is 26.2 Å². The first-order valence-electron chi connectivity index (χ1n) is 8.64. The lowest BCUT2D eigenvalue weighted by Gasteiger charge is -2.26. The lowest BCUT2D eigenvalue weighted by molar-refractivity contribution is 0.0950. The molecule has 2 aromatic heterocycles. The van der Waals surface area contributed by atoms with Crippen LogP contribution in [0.15, 0.2) is 28.9 Å². The maximum atomic E-state index is 12.5. The van der Waals surface area contributed by atoms with Crippen molar-refractivity contribution in [2.45, 2.75) is 32.6 Å². The van der Waals surface area contributed by atoms with E-state index in [1.807, 2.05) is 18.2 Å². The number of carbonyl (C=O) groups is 1. The fourth-order valence-electron chi connectivity index (χ4n) is 3.09. The molecule has 0 aromatic carbocycles. The third kappa shape index (κ3) is 4.00. The van der Waals surface area contributed by atoms with Crippen LogP contribution in [-0.4, -0.2) is 47.1 Å². The molecule has 6 nitrogen and oxygen atoms in total. The quantitative estimate of drug-likeness (QED) is 0.826. The van der Waals surface area contributed by atoms with Gasteiger partial charge in [-0.05, 0) is 58.0 Å². The van der Waals surface area contributed by atoms with E-state index >= 15 is 0 Å². The Bertz CT molecular complexity index is 663. The summed E-state index contributed by atoms with van der Waals surface area (Å²) in [6.45, 7) is 5.81. The second kappa shape index (κ2) is 8.06. The van der Waals surface area contributed by atoms with Gasteiger partial charge < -0.3 is 14.7 Å². The zero-order valence-corrected chi connectivity index (χ0v) is 14.1. The molecule has 0 radical (unpaired) electrons. The van der Waals surface area contributed by atoms with Gasteiger partial charge in [0.2, 0.25) is 0 Å². The highest BCUT2D eigenvalue weighted by atomic mass is 16.5. The second-order valence-corrected chi connectivity index (χ2v) is 6.19. The van der Waals surface area contributed by atoms with Gasteiger partial charge in [0.25, 0.3) is 5.91 Å². The second-order valence-electron chi connectivity index (χ2n) is 6.19. The molecule has 24 heavy (non-hydrogen) atoms. The van der Waals surface area contributed by atoms with E-state index in [2.05, 4.69) is 20.4 Å². The van der Waals surface area contributed by atoms with Gasteiger partial charge in [0.05, 0.1) is 5.69 Å². The maximum absolute atomic E-state index is 12.5. The number of nitrogens with one attached hydrogen (secondary N) is 1. The van der Waals surface area contributed by atoms with Crippen LogP contribution in [0.2, 0.25) is 0 Å². The highest BCUT2D eigenvalue weighted by Gasteiger charge is 2.22. The van der Waals surface area contributed by atoms with Gasteiger partial charge in [0, 0.05) is 12.7 Å². The van der Waals surface area contributed by atoms with Crippen molar-refractivity contribution in [1.82, 2.24) is 20.4 Å². The van der Waals surface area contributed by atoms with Gasteiger partial charge in [-0.2, -0.15) is 0 Å². The minimum Gasteiger partial charge on any atom is -0.360 e. The number of rotatable bonds is 6. The van der Waals surface area contributed by atoms with Gasteiger partial charge in [-0.15, -0.1) is 0 Å². The van der Waals surface area contributed by atoms with Crippen LogP contribution in [0.4, 0.5) is 0 Å². The van der Waals surface area contributed by atoms with E-state index in [9.17, 15) is 4.79 Å². The highest BCUT2D eigenvalue weighted by Crippen LogP contribution is 2.23. The van der Waals surface area contributed by atoms with E-state index in [4.69, 9.17) is 4.52 Å². The molecule has 1 fully saturated rings. The molecule has 0 atom stereocenters. The number of aryl methyl sites for hydroxylation is 1. The standard InChI is InChI=1S/C18H24N4O2/c1-14-16(17(21-24-14)15-8-3-4-9-19-15)18(23)20-10-7-13-22-11-5-2-6-12-22/h3-4,8-9H,2,5-7,10-13H2,1H3,(H,20,23). The molecule has 0 bridgehead atoms. The van der Waals surface area contributed by atoms with Gasteiger partial charge in [-0.1, -0.05) is 17.6 Å². The summed E-state index contributed by atoms with van der Waals surface area (Å²) >= 11 is 0. The molecule has 0 saturated carbocycles. The predicted octanol–water partition coefficient (Wildman–Crippen LogP) is 2.65. The molecule has 1 saturated heterocycles. The molecule has 2 aromatic rings. The number of carbonyl (C=O) groups excluding carboxylic acids is 1. The molecule has 128 valence electrons. The van der Waals surface area contributed by atoms with E-state index in [1.165, 1.54) is 32.4 Å². The molecule has 0 aliphatic carbocycles. The van der Waals surface area contributed by atoms with E-state index in [-0.39, 0.29) is 5.91 Å². The van der Waals surface area contributed by atoms with Crippen molar-refractivity contribution < 1.29 is 9.32 Å². The van der Waals surface area contributed by atoms with Gasteiger partial charge in [-0.3, -0.25) is 9.78 Å². The Kier molecular flexibility index (Phi) is 5.59. The summed E-state index contributed by atoms with van der Waals surface area (Å²) in [5, 5.41) is 6.98. The monoisotopic (exact) mass is 328 g/mol. The van der Waals surface area contributed by atoms with Crippen LogP contribution in [0.5, 0.6) is 0 Å². The normalized spacial score (nSPS) is 15.4. The van der Waals surface area contributed by atoms with Crippen molar-refractivity contribution in [3.63, 3.8) is 0 Å². The molecule has 1 aliphatic heterocycles. The maximum Gasteiger partial charge on any atom is 0.257 e. The zero-order chi connectivity index (χ0) is 16.8. The van der Waals surface area contributed by atoms with E-state index in [0.717, 1.165) is 13.0 Å². The van der Waals surface area contributed by atoms with E-state index in [0.29, 0.717) is 29.3 Å². The van der Waals surface area contributed by atoms with Crippen molar-refractivity contribution in [2.24, 2.45) is 0 Å². The first kappa shape index (κ1) is 16.6.